The summed E-state index contributed by atoms with van der Waals surface area (Å²) in [5.41, 5.74) is -0.927. The van der Waals surface area contributed by atoms with Crippen molar-refractivity contribution in [3.8, 4) is 0 Å². The number of carbonyl (C=O) groups excluding carboxylic acids is 2. The predicted molar refractivity (Wildman–Crippen MR) is 92.4 cm³/mol. The number of rotatable bonds is 6. The van der Waals surface area contributed by atoms with E-state index in [9.17, 15) is 13.8 Å². The summed E-state index contributed by atoms with van der Waals surface area (Å²) >= 11 is 0. The van der Waals surface area contributed by atoms with E-state index >= 15 is 0 Å². The molecule has 0 spiro atoms. The second-order valence-electron chi connectivity index (χ2n) is 8.09. The molecule has 0 aliphatic heterocycles. The van der Waals surface area contributed by atoms with Crippen molar-refractivity contribution in [2.75, 3.05) is 5.75 Å². The number of aldehydes is 1. The highest BCUT2D eigenvalue weighted by atomic mass is 32.2. The van der Waals surface area contributed by atoms with Gasteiger partial charge in [0, 0.05) is 21.3 Å². The molecule has 22 heavy (non-hydrogen) atoms. The van der Waals surface area contributed by atoms with Gasteiger partial charge in [-0.25, -0.2) is 4.79 Å². The van der Waals surface area contributed by atoms with Gasteiger partial charge < -0.3 is 15.4 Å². The molecule has 0 heterocycles. The van der Waals surface area contributed by atoms with E-state index in [1.807, 2.05) is 55.4 Å². The van der Waals surface area contributed by atoms with E-state index in [0.717, 1.165) is 6.29 Å². The Morgan fingerprint density at radius 2 is 1.64 bits per heavy atom. The average molecular weight is 333 g/mol. The molecule has 0 saturated carbocycles. The second kappa shape index (κ2) is 7.57. The van der Waals surface area contributed by atoms with Crippen molar-refractivity contribution in [2.45, 2.75) is 78.1 Å². The van der Waals surface area contributed by atoms with Crippen molar-refractivity contribution in [3.05, 3.63) is 0 Å². The van der Waals surface area contributed by atoms with E-state index in [1.165, 1.54) is 0 Å². The lowest BCUT2D eigenvalue weighted by Crippen LogP contribution is -2.57. The van der Waals surface area contributed by atoms with Crippen molar-refractivity contribution in [1.82, 2.24) is 10.6 Å². The molecular weight excluding hydrogens is 300 g/mol. The van der Waals surface area contributed by atoms with Crippen molar-refractivity contribution >= 4 is 23.1 Å². The maximum absolute atomic E-state index is 12.3. The molecule has 6 heteroatoms. The Labute approximate surface area is 137 Å². The molecule has 2 amide bonds. The molecule has 0 aliphatic carbocycles. The largest absolute Gasteiger partial charge is 0.332 e. The summed E-state index contributed by atoms with van der Waals surface area (Å²) in [7, 11) is -1.07. The first-order chi connectivity index (χ1) is 9.75. The van der Waals surface area contributed by atoms with Gasteiger partial charge in [0.15, 0.2) is 0 Å². The van der Waals surface area contributed by atoms with Gasteiger partial charge in [-0.15, -0.1) is 0 Å². The molecule has 3 unspecified atom stereocenters. The van der Waals surface area contributed by atoms with Gasteiger partial charge in [-0.3, -0.25) is 4.21 Å². The van der Waals surface area contributed by atoms with Gasteiger partial charge in [-0.05, 0) is 39.5 Å². The number of amides is 2. The third-order valence-corrected chi connectivity index (χ3v) is 5.95. The number of hydrogen-bond donors (Lipinski definition) is 2. The van der Waals surface area contributed by atoms with Crippen molar-refractivity contribution in [3.63, 3.8) is 0 Å². The van der Waals surface area contributed by atoms with Crippen LogP contribution in [0, 0.1) is 5.41 Å². The van der Waals surface area contributed by atoms with Crippen molar-refractivity contribution in [2.24, 2.45) is 5.41 Å². The lowest BCUT2D eigenvalue weighted by atomic mass is 9.88. The monoisotopic (exact) mass is 332 g/mol. The summed E-state index contributed by atoms with van der Waals surface area (Å²) in [6.07, 6.45) is 1.40. The third-order valence-electron chi connectivity index (χ3n) is 3.68. The van der Waals surface area contributed by atoms with Crippen LogP contribution in [0.1, 0.15) is 61.8 Å². The Morgan fingerprint density at radius 3 is 1.95 bits per heavy atom. The normalized spacial score (nSPS) is 18.0. The average Bonchev–Trinajstić information content (AvgIpc) is 2.33. The van der Waals surface area contributed by atoms with Gasteiger partial charge in [0.2, 0.25) is 0 Å². The maximum Gasteiger partial charge on any atom is 0.315 e. The van der Waals surface area contributed by atoms with Gasteiger partial charge in [-0.1, -0.05) is 27.7 Å². The minimum Gasteiger partial charge on any atom is -0.332 e. The SMILES string of the molecule is CCC(C)(CS(=O)C(C)(C)C)NC(=O)NC(C=O)C(C)(C)C. The van der Waals surface area contributed by atoms with Crippen LogP contribution in [0.3, 0.4) is 0 Å². The molecule has 2 N–H and O–H groups in total. The number of urea groups is 1. The topological polar surface area (TPSA) is 75.3 Å². The molecule has 0 rings (SSSR count). The minimum absolute atomic E-state index is 0.328. The molecule has 3 atom stereocenters. The fourth-order valence-electron chi connectivity index (χ4n) is 1.64. The van der Waals surface area contributed by atoms with E-state index in [-0.39, 0.29) is 10.2 Å². The first kappa shape index (κ1) is 21.1. The van der Waals surface area contributed by atoms with Gasteiger partial charge in [-0.2, -0.15) is 0 Å². The molecule has 0 radical (unpaired) electrons. The summed E-state index contributed by atoms with van der Waals surface area (Å²) in [5, 5.41) is 5.57. The number of carbonyl (C=O) groups is 2. The van der Waals surface area contributed by atoms with Crippen LogP contribution in [0.5, 0.6) is 0 Å². The fourth-order valence-corrected chi connectivity index (χ4v) is 2.93. The van der Waals surface area contributed by atoms with Crippen molar-refractivity contribution < 1.29 is 13.8 Å². The van der Waals surface area contributed by atoms with E-state index in [2.05, 4.69) is 10.6 Å². The van der Waals surface area contributed by atoms with Gasteiger partial charge in [0.05, 0.1) is 11.6 Å². The predicted octanol–water partition coefficient (Wildman–Crippen LogP) is 2.62. The number of hydrogen-bond acceptors (Lipinski definition) is 3. The van der Waals surface area contributed by atoms with Crippen LogP contribution < -0.4 is 10.6 Å². The Bertz CT molecular complexity index is 424. The van der Waals surface area contributed by atoms with Crippen LogP contribution in [0.2, 0.25) is 0 Å². The molecule has 0 fully saturated rings. The number of nitrogens with one attached hydrogen (secondary N) is 2. The van der Waals surface area contributed by atoms with Crippen LogP contribution in [0.15, 0.2) is 0 Å². The zero-order valence-corrected chi connectivity index (χ0v) is 16.0. The molecule has 0 saturated heterocycles. The van der Waals surface area contributed by atoms with Crippen LogP contribution in [0.4, 0.5) is 4.79 Å². The summed E-state index contributed by atoms with van der Waals surface area (Å²) in [4.78, 5) is 23.3. The summed E-state index contributed by atoms with van der Waals surface area (Å²) in [6.45, 7) is 15.2. The van der Waals surface area contributed by atoms with Crippen LogP contribution in [0.25, 0.3) is 0 Å². The Kier molecular flexibility index (Phi) is 7.26. The first-order valence-corrected chi connectivity index (χ1v) is 8.99. The highest BCUT2D eigenvalue weighted by Crippen LogP contribution is 2.20. The highest BCUT2D eigenvalue weighted by molar-refractivity contribution is 7.86. The summed E-state index contributed by atoms with van der Waals surface area (Å²) < 4.78 is 12.0. The molecule has 5 nitrogen and oxygen atoms in total. The second-order valence-corrected chi connectivity index (χ2v) is 10.3. The Hall–Kier alpha value is -0.910. The lowest BCUT2D eigenvalue weighted by molar-refractivity contribution is -0.111. The highest BCUT2D eigenvalue weighted by Gasteiger charge is 2.33. The molecule has 0 aromatic carbocycles. The lowest BCUT2D eigenvalue weighted by Gasteiger charge is -2.34. The van der Waals surface area contributed by atoms with E-state index in [0.29, 0.717) is 12.2 Å². The molecule has 0 bridgehead atoms. The Morgan fingerprint density at radius 1 is 1.14 bits per heavy atom. The fraction of sp³-hybridized carbons (Fsp3) is 0.875. The van der Waals surface area contributed by atoms with Crippen LogP contribution >= 0.6 is 0 Å². The zero-order valence-electron chi connectivity index (χ0n) is 15.2. The maximum atomic E-state index is 12.3. The summed E-state index contributed by atoms with van der Waals surface area (Å²) in [5.74, 6) is 0.377. The van der Waals surface area contributed by atoms with Crippen LogP contribution in [-0.2, 0) is 15.6 Å². The van der Waals surface area contributed by atoms with Crippen molar-refractivity contribution in [1.29, 1.82) is 0 Å². The zero-order chi connectivity index (χ0) is 17.8. The standard InChI is InChI=1S/C16H32N2O3S/c1-9-16(8,11-22(21)15(5,6)7)18-13(20)17-12(10-19)14(2,3)4/h10,12H,9,11H2,1-8H3,(H2,17,18,20). The molecule has 0 aromatic heterocycles. The van der Waals surface area contributed by atoms with Crippen LogP contribution in [-0.4, -0.2) is 38.6 Å². The summed E-state index contributed by atoms with van der Waals surface area (Å²) in [6, 6.07) is -0.969. The van der Waals surface area contributed by atoms with E-state index in [1.54, 1.807) is 0 Å². The van der Waals surface area contributed by atoms with Gasteiger partial charge >= 0.3 is 6.03 Å². The molecule has 0 aliphatic rings. The van der Waals surface area contributed by atoms with E-state index < -0.39 is 28.4 Å². The molecule has 0 aromatic rings. The third kappa shape index (κ3) is 6.90. The smallest absolute Gasteiger partial charge is 0.315 e. The van der Waals surface area contributed by atoms with Gasteiger partial charge in [0.25, 0.3) is 0 Å². The van der Waals surface area contributed by atoms with Gasteiger partial charge in [0.1, 0.15) is 6.29 Å². The molecular formula is C16H32N2O3S. The minimum atomic E-state index is -1.07. The van der Waals surface area contributed by atoms with E-state index in [4.69, 9.17) is 0 Å². The first-order valence-electron chi connectivity index (χ1n) is 7.67. The molecule has 130 valence electrons. The quantitative estimate of drug-likeness (QED) is 0.734. The Balaban J connectivity index is 4.89.